The summed E-state index contributed by atoms with van der Waals surface area (Å²) >= 11 is 0. The van der Waals surface area contributed by atoms with Gasteiger partial charge in [0.15, 0.2) is 0 Å². The van der Waals surface area contributed by atoms with Gasteiger partial charge in [0, 0.05) is 36.3 Å². The van der Waals surface area contributed by atoms with E-state index in [0.29, 0.717) is 6.54 Å². The van der Waals surface area contributed by atoms with Gasteiger partial charge in [0.25, 0.3) is 0 Å². The Morgan fingerprint density at radius 3 is 2.39 bits per heavy atom. The molecule has 2 aromatic rings. The third kappa shape index (κ3) is 4.47. The molecule has 1 aliphatic heterocycles. The topological polar surface area (TPSA) is 80.5 Å². The second-order valence-electron chi connectivity index (χ2n) is 6.95. The van der Waals surface area contributed by atoms with Crippen LogP contribution in [0.4, 0.5) is 5.69 Å². The van der Waals surface area contributed by atoms with Crippen LogP contribution in [0.15, 0.2) is 48.5 Å². The van der Waals surface area contributed by atoms with E-state index < -0.39 is 11.8 Å². The number of Topliss-reactive ketones (excluding diaryl/α,β-unsaturated/α-hetero) is 1. The number of hydrogen-bond acceptors (Lipinski definition) is 3. The molecule has 0 aromatic heterocycles. The number of ketones is 1. The van der Waals surface area contributed by atoms with Crippen LogP contribution < -0.4 is 10.6 Å². The average Bonchev–Trinajstić information content (AvgIpc) is 2.67. The van der Waals surface area contributed by atoms with Gasteiger partial charge >= 0.3 is 0 Å². The minimum atomic E-state index is -0.521. The molecule has 0 radical (unpaired) electrons. The lowest BCUT2D eigenvalue weighted by molar-refractivity contribution is -0.128. The largest absolute Gasteiger partial charge is 0.369 e. The van der Waals surface area contributed by atoms with Crippen molar-refractivity contribution in [3.8, 4) is 11.8 Å². The summed E-state index contributed by atoms with van der Waals surface area (Å²) in [7, 11) is 0. The van der Waals surface area contributed by atoms with Crippen molar-refractivity contribution in [2.75, 3.05) is 4.90 Å². The van der Waals surface area contributed by atoms with Crippen molar-refractivity contribution in [1.29, 1.82) is 0 Å². The highest BCUT2D eigenvalue weighted by Crippen LogP contribution is 2.26. The third-order valence-electron chi connectivity index (χ3n) is 4.81. The van der Waals surface area contributed by atoms with E-state index in [1.54, 1.807) is 11.8 Å². The summed E-state index contributed by atoms with van der Waals surface area (Å²) in [6.45, 7) is 2.01. The van der Waals surface area contributed by atoms with E-state index in [1.807, 2.05) is 48.5 Å². The maximum atomic E-state index is 13.0. The number of anilines is 1. The molecule has 2 aromatic carbocycles. The number of nitrogens with two attached hydrogens (primary N) is 1. The van der Waals surface area contributed by atoms with Crippen molar-refractivity contribution in [3.05, 3.63) is 65.2 Å². The van der Waals surface area contributed by atoms with E-state index in [1.165, 1.54) is 0 Å². The minimum Gasteiger partial charge on any atom is -0.369 e. The Balaban J connectivity index is 1.81. The predicted octanol–water partition coefficient (Wildman–Crippen LogP) is 2.79. The Kier molecular flexibility index (Phi) is 5.90. The van der Waals surface area contributed by atoms with Gasteiger partial charge in [-0.1, -0.05) is 49.1 Å². The molecule has 5 heteroatoms. The molecular formula is C23H22N2O3. The number of primary amides is 1. The Hall–Kier alpha value is -3.39. The summed E-state index contributed by atoms with van der Waals surface area (Å²) in [5.41, 5.74) is 8.58. The Morgan fingerprint density at radius 2 is 1.64 bits per heavy atom. The highest BCUT2D eigenvalue weighted by molar-refractivity contribution is 5.97. The van der Waals surface area contributed by atoms with Crippen molar-refractivity contribution in [2.24, 2.45) is 11.7 Å². The maximum absolute atomic E-state index is 13.0. The summed E-state index contributed by atoms with van der Waals surface area (Å²) in [6.07, 6.45) is 0.226. The van der Waals surface area contributed by atoms with E-state index in [-0.39, 0.29) is 31.0 Å². The molecule has 28 heavy (non-hydrogen) atoms. The maximum Gasteiger partial charge on any atom is 0.227 e. The standard InChI is InChI=1S/C23H22N2O3/c1-16(23(24)28)14-20(26)12-13-22(27)25-15-19-8-3-2-6-17(19)10-11-18-7-4-5-9-21(18)25/h2-9,16H,12-15H2,1H3,(H2,24,28). The molecule has 0 saturated carbocycles. The van der Waals surface area contributed by atoms with Crippen LogP contribution >= 0.6 is 0 Å². The number of nitrogens with zero attached hydrogens (tertiary/aromatic N) is 1. The van der Waals surface area contributed by atoms with Crippen molar-refractivity contribution in [2.45, 2.75) is 32.7 Å². The molecule has 2 amide bonds. The average molecular weight is 374 g/mol. The second kappa shape index (κ2) is 8.53. The zero-order chi connectivity index (χ0) is 20.1. The molecule has 1 unspecified atom stereocenters. The lowest BCUT2D eigenvalue weighted by Gasteiger charge is -2.26. The molecule has 0 aliphatic carbocycles. The molecule has 3 rings (SSSR count). The summed E-state index contributed by atoms with van der Waals surface area (Å²) in [4.78, 5) is 37.9. The van der Waals surface area contributed by atoms with E-state index >= 15 is 0 Å². The van der Waals surface area contributed by atoms with Gasteiger partial charge in [0.1, 0.15) is 5.78 Å². The van der Waals surface area contributed by atoms with Crippen molar-refractivity contribution in [1.82, 2.24) is 0 Å². The Labute approximate surface area is 164 Å². The quantitative estimate of drug-likeness (QED) is 0.790. The van der Waals surface area contributed by atoms with E-state index in [2.05, 4.69) is 11.8 Å². The van der Waals surface area contributed by atoms with Crippen LogP contribution in [0.1, 0.15) is 42.9 Å². The fourth-order valence-corrected chi connectivity index (χ4v) is 3.13. The number of carbonyl (C=O) groups is 3. The number of fused-ring (bicyclic) bond motifs is 2. The Bertz CT molecular complexity index is 985. The highest BCUT2D eigenvalue weighted by atomic mass is 16.2. The van der Waals surface area contributed by atoms with Gasteiger partial charge in [-0.15, -0.1) is 0 Å². The van der Waals surface area contributed by atoms with Crippen LogP contribution in [0, 0.1) is 17.8 Å². The van der Waals surface area contributed by atoms with Crippen LogP contribution in [0.25, 0.3) is 0 Å². The molecule has 142 valence electrons. The van der Waals surface area contributed by atoms with E-state index in [4.69, 9.17) is 5.73 Å². The summed E-state index contributed by atoms with van der Waals surface area (Å²) in [5.74, 6) is 5.01. The monoisotopic (exact) mass is 374 g/mol. The zero-order valence-electron chi connectivity index (χ0n) is 15.8. The molecule has 2 N–H and O–H groups in total. The summed E-state index contributed by atoms with van der Waals surface area (Å²) in [6, 6.07) is 15.2. The smallest absolute Gasteiger partial charge is 0.227 e. The molecule has 0 spiro atoms. The van der Waals surface area contributed by atoms with Crippen molar-refractivity contribution in [3.63, 3.8) is 0 Å². The minimum absolute atomic E-state index is 0.0630. The van der Waals surface area contributed by atoms with Crippen LogP contribution in [0.2, 0.25) is 0 Å². The SMILES string of the molecule is CC(CC(=O)CCC(=O)N1Cc2ccccc2C#Cc2ccccc21)C(N)=O. The first-order valence-electron chi connectivity index (χ1n) is 9.26. The lowest BCUT2D eigenvalue weighted by Crippen LogP contribution is -2.32. The van der Waals surface area contributed by atoms with Crippen LogP contribution in [0.5, 0.6) is 0 Å². The first-order chi connectivity index (χ1) is 13.5. The first-order valence-corrected chi connectivity index (χ1v) is 9.26. The van der Waals surface area contributed by atoms with E-state index in [0.717, 1.165) is 22.4 Å². The normalized spacial score (nSPS) is 13.1. The summed E-state index contributed by atoms with van der Waals surface area (Å²) in [5, 5.41) is 0. The second-order valence-corrected chi connectivity index (χ2v) is 6.95. The fraction of sp³-hybridized carbons (Fsp3) is 0.261. The van der Waals surface area contributed by atoms with Gasteiger partial charge in [-0.25, -0.2) is 0 Å². The van der Waals surface area contributed by atoms with Gasteiger partial charge in [0.2, 0.25) is 11.8 Å². The number of benzene rings is 2. The number of para-hydroxylation sites is 1. The van der Waals surface area contributed by atoms with Gasteiger partial charge in [-0.05, 0) is 23.8 Å². The molecule has 0 fully saturated rings. The number of rotatable bonds is 6. The number of amides is 2. The highest BCUT2D eigenvalue weighted by Gasteiger charge is 2.22. The predicted molar refractivity (Wildman–Crippen MR) is 107 cm³/mol. The number of hydrogen-bond donors (Lipinski definition) is 1. The van der Waals surface area contributed by atoms with Gasteiger partial charge in [0.05, 0.1) is 12.2 Å². The third-order valence-corrected chi connectivity index (χ3v) is 4.81. The summed E-state index contributed by atoms with van der Waals surface area (Å²) < 4.78 is 0. The Morgan fingerprint density at radius 1 is 1.00 bits per heavy atom. The molecule has 5 nitrogen and oxygen atoms in total. The van der Waals surface area contributed by atoms with Gasteiger partial charge < -0.3 is 10.6 Å². The molecule has 1 aliphatic rings. The number of carbonyl (C=O) groups excluding carboxylic acids is 3. The molecule has 0 saturated heterocycles. The first kappa shape index (κ1) is 19.4. The molecule has 1 heterocycles. The van der Waals surface area contributed by atoms with Crippen molar-refractivity contribution >= 4 is 23.3 Å². The van der Waals surface area contributed by atoms with E-state index in [9.17, 15) is 14.4 Å². The van der Waals surface area contributed by atoms with Crippen LogP contribution in [0.3, 0.4) is 0 Å². The zero-order valence-corrected chi connectivity index (χ0v) is 15.8. The van der Waals surface area contributed by atoms with Gasteiger partial charge in [-0.3, -0.25) is 14.4 Å². The fourth-order valence-electron chi connectivity index (χ4n) is 3.13. The van der Waals surface area contributed by atoms with Crippen LogP contribution in [-0.2, 0) is 20.9 Å². The molecule has 0 bridgehead atoms. The molecule has 1 atom stereocenters. The van der Waals surface area contributed by atoms with Crippen LogP contribution in [-0.4, -0.2) is 17.6 Å². The van der Waals surface area contributed by atoms with Crippen molar-refractivity contribution < 1.29 is 14.4 Å². The van der Waals surface area contributed by atoms with Gasteiger partial charge in [-0.2, -0.15) is 0 Å². The lowest BCUT2D eigenvalue weighted by atomic mass is 10.00. The molecular weight excluding hydrogens is 352 g/mol.